The number of ether oxygens (including phenoxy) is 3. The van der Waals surface area contributed by atoms with Gasteiger partial charge in [-0.25, -0.2) is 4.39 Å². The predicted molar refractivity (Wildman–Crippen MR) is 175 cm³/mol. The molecule has 0 aromatic rings. The topological polar surface area (TPSA) is 205 Å². The van der Waals surface area contributed by atoms with E-state index >= 15 is 0 Å². The van der Waals surface area contributed by atoms with Gasteiger partial charge in [-0.1, -0.05) is 19.1 Å². The molecular weight excluding hydrogens is 629 g/mol. The normalized spacial score (nSPS) is 33.2. The SMILES string of the molecule is CC1C=C(C2=CCC(OC3C=CNC(C4CC(C(O)N[C@@H](CCC(O)OCC(O)CO)C(O)OCC(O)CO)CN4)C3)CC2)[C@@H](F)CC1. The van der Waals surface area contributed by atoms with E-state index in [1.54, 1.807) is 0 Å². The molecule has 1 fully saturated rings. The van der Waals surface area contributed by atoms with E-state index in [4.69, 9.17) is 24.4 Å². The summed E-state index contributed by atoms with van der Waals surface area (Å²) in [4.78, 5) is 0. The molecule has 13 nitrogen and oxygen atoms in total. The Morgan fingerprint density at radius 2 is 1.71 bits per heavy atom. The van der Waals surface area contributed by atoms with E-state index in [9.17, 15) is 29.9 Å². The minimum Gasteiger partial charge on any atom is -0.394 e. The maximum absolute atomic E-state index is 14.6. The molecule has 11 unspecified atom stereocenters. The molecule has 276 valence electrons. The molecule has 0 amide bonds. The first kappa shape index (κ1) is 39.3. The van der Waals surface area contributed by atoms with Crippen LogP contribution in [0.3, 0.4) is 0 Å². The number of rotatable bonds is 19. The van der Waals surface area contributed by atoms with Gasteiger partial charge in [0.1, 0.15) is 24.6 Å². The molecule has 48 heavy (non-hydrogen) atoms. The fourth-order valence-corrected chi connectivity index (χ4v) is 6.94. The summed E-state index contributed by atoms with van der Waals surface area (Å²) in [6.07, 6.45) is 6.65. The van der Waals surface area contributed by atoms with Gasteiger partial charge in [0.15, 0.2) is 12.6 Å². The standard InChI is InChI=1S/C34H58FN3O10/c1-20-2-7-28(35)27(12-20)21-3-5-25(6-4-21)48-26-10-11-36-31(14-26)30-13-22(15-37-30)33(44)38-29(34(45)47-19-24(42)17-40)8-9-32(43)46-18-23(41)16-39/h3,10-12,20,22-26,28-34,36-45H,2,4-9,13-19H2,1H3/t20?,22?,23?,24?,25?,26?,28-,29-,30?,31?,32?,33?,34?/m0/s1. The van der Waals surface area contributed by atoms with E-state index in [1.165, 1.54) is 0 Å². The van der Waals surface area contributed by atoms with Gasteiger partial charge in [-0.3, -0.25) is 5.32 Å². The second-order valence-electron chi connectivity index (χ2n) is 13.8. The Morgan fingerprint density at radius 3 is 2.42 bits per heavy atom. The molecule has 2 aliphatic heterocycles. The van der Waals surface area contributed by atoms with Crippen LogP contribution in [0.4, 0.5) is 4.39 Å². The summed E-state index contributed by atoms with van der Waals surface area (Å²) < 4.78 is 31.5. The lowest BCUT2D eigenvalue weighted by Crippen LogP contribution is -2.50. The van der Waals surface area contributed by atoms with Gasteiger partial charge in [0.05, 0.1) is 44.7 Å². The molecule has 0 radical (unpaired) electrons. The first-order valence-corrected chi connectivity index (χ1v) is 17.5. The summed E-state index contributed by atoms with van der Waals surface area (Å²) in [5.41, 5.74) is 2.01. The molecule has 10 N–H and O–H groups in total. The quantitative estimate of drug-likeness (QED) is 0.0803. The van der Waals surface area contributed by atoms with Crippen LogP contribution in [0, 0.1) is 11.8 Å². The Morgan fingerprint density at radius 1 is 0.958 bits per heavy atom. The van der Waals surface area contributed by atoms with E-state index in [1.807, 2.05) is 12.3 Å². The molecule has 13 atom stereocenters. The predicted octanol–water partition coefficient (Wildman–Crippen LogP) is -0.168. The van der Waals surface area contributed by atoms with Crippen LogP contribution in [0.5, 0.6) is 0 Å². The zero-order chi connectivity index (χ0) is 34.6. The van der Waals surface area contributed by atoms with Crippen LogP contribution < -0.4 is 16.0 Å². The second-order valence-corrected chi connectivity index (χ2v) is 13.8. The minimum absolute atomic E-state index is 0.0162. The van der Waals surface area contributed by atoms with Gasteiger partial charge in [0.2, 0.25) is 0 Å². The first-order chi connectivity index (χ1) is 23.1. The number of nitrogens with one attached hydrogen (secondary N) is 3. The fraction of sp³-hybridized carbons (Fsp3) is 0.824. The summed E-state index contributed by atoms with van der Waals surface area (Å²) in [5, 5.41) is 79.0. The van der Waals surface area contributed by atoms with E-state index in [0.29, 0.717) is 25.3 Å². The van der Waals surface area contributed by atoms with Crippen molar-refractivity contribution in [3.63, 3.8) is 0 Å². The maximum atomic E-state index is 14.6. The lowest BCUT2D eigenvalue weighted by atomic mass is 9.82. The van der Waals surface area contributed by atoms with Gasteiger partial charge in [-0.15, -0.1) is 0 Å². The molecule has 4 aliphatic rings. The molecule has 1 saturated heterocycles. The van der Waals surface area contributed by atoms with Crippen LogP contribution >= 0.6 is 0 Å². The number of aliphatic hydroxyl groups is 7. The highest BCUT2D eigenvalue weighted by Crippen LogP contribution is 2.36. The van der Waals surface area contributed by atoms with Gasteiger partial charge in [0.25, 0.3) is 0 Å². The van der Waals surface area contributed by atoms with E-state index < -0.39 is 56.4 Å². The van der Waals surface area contributed by atoms with Crippen molar-refractivity contribution in [1.29, 1.82) is 0 Å². The van der Waals surface area contributed by atoms with Crippen molar-refractivity contribution in [1.82, 2.24) is 16.0 Å². The van der Waals surface area contributed by atoms with Crippen LogP contribution in [0.25, 0.3) is 0 Å². The third-order valence-corrected chi connectivity index (χ3v) is 9.83. The molecule has 0 aromatic heterocycles. The van der Waals surface area contributed by atoms with Crippen LogP contribution in [0.15, 0.2) is 35.6 Å². The minimum atomic E-state index is -1.48. The zero-order valence-corrected chi connectivity index (χ0v) is 27.9. The molecule has 0 bridgehead atoms. The van der Waals surface area contributed by atoms with Crippen molar-refractivity contribution in [2.24, 2.45) is 11.8 Å². The maximum Gasteiger partial charge on any atom is 0.170 e. The summed E-state index contributed by atoms with van der Waals surface area (Å²) in [6, 6.07) is -0.743. The van der Waals surface area contributed by atoms with Gasteiger partial charge in [-0.05, 0) is 87.1 Å². The van der Waals surface area contributed by atoms with E-state index in [-0.39, 0.29) is 56.3 Å². The van der Waals surface area contributed by atoms with Crippen LogP contribution in [0.1, 0.15) is 64.7 Å². The Hall–Kier alpha value is -1.53. The molecule has 4 rings (SSSR count). The largest absolute Gasteiger partial charge is 0.394 e. The number of allylic oxidation sites excluding steroid dienone is 3. The molecular formula is C34H58FN3O10. The lowest BCUT2D eigenvalue weighted by molar-refractivity contribution is -0.160. The zero-order valence-electron chi connectivity index (χ0n) is 27.9. The lowest BCUT2D eigenvalue weighted by Gasteiger charge is -2.34. The van der Waals surface area contributed by atoms with Gasteiger partial charge in [-0.2, -0.15) is 0 Å². The van der Waals surface area contributed by atoms with Crippen LogP contribution in [-0.4, -0.2) is 136 Å². The van der Waals surface area contributed by atoms with Crippen molar-refractivity contribution in [2.75, 3.05) is 33.0 Å². The monoisotopic (exact) mass is 687 g/mol. The smallest absolute Gasteiger partial charge is 0.170 e. The molecule has 2 heterocycles. The Balaban J connectivity index is 1.25. The van der Waals surface area contributed by atoms with Crippen molar-refractivity contribution in [2.45, 2.75) is 132 Å². The number of halogens is 1. The number of aliphatic hydroxyl groups excluding tert-OH is 7. The number of hydrogen-bond acceptors (Lipinski definition) is 13. The molecule has 0 aromatic carbocycles. The van der Waals surface area contributed by atoms with Crippen LogP contribution in [0.2, 0.25) is 0 Å². The van der Waals surface area contributed by atoms with Crippen molar-refractivity contribution in [3.05, 3.63) is 35.6 Å². The Labute approximate surface area is 282 Å². The highest BCUT2D eigenvalue weighted by molar-refractivity contribution is 5.37. The third kappa shape index (κ3) is 12.1. The van der Waals surface area contributed by atoms with Crippen molar-refractivity contribution < 1.29 is 54.3 Å². The Bertz CT molecular complexity index is 1050. The molecule has 0 saturated carbocycles. The van der Waals surface area contributed by atoms with Gasteiger partial charge in [0, 0.05) is 24.5 Å². The highest BCUT2D eigenvalue weighted by Gasteiger charge is 2.38. The van der Waals surface area contributed by atoms with Gasteiger partial charge < -0.3 is 60.6 Å². The van der Waals surface area contributed by atoms with E-state index in [2.05, 4.69) is 35.0 Å². The second kappa shape index (κ2) is 19.8. The third-order valence-electron chi connectivity index (χ3n) is 9.83. The number of hydrogen-bond donors (Lipinski definition) is 10. The van der Waals surface area contributed by atoms with Gasteiger partial charge >= 0.3 is 0 Å². The average molecular weight is 688 g/mol. The summed E-state index contributed by atoms with van der Waals surface area (Å²) in [7, 11) is 0. The fourth-order valence-electron chi connectivity index (χ4n) is 6.94. The van der Waals surface area contributed by atoms with Crippen LogP contribution in [-0.2, 0) is 14.2 Å². The number of alkyl halides is 1. The average Bonchev–Trinajstić information content (AvgIpc) is 3.60. The molecule has 0 spiro atoms. The molecule has 2 aliphatic carbocycles. The van der Waals surface area contributed by atoms with Crippen molar-refractivity contribution >= 4 is 0 Å². The van der Waals surface area contributed by atoms with Crippen molar-refractivity contribution in [3.8, 4) is 0 Å². The molecule has 14 heteroatoms. The van der Waals surface area contributed by atoms with E-state index in [0.717, 1.165) is 43.3 Å². The summed E-state index contributed by atoms with van der Waals surface area (Å²) in [5.74, 6) is 0.205. The Kier molecular flexibility index (Phi) is 16.2. The highest BCUT2D eigenvalue weighted by atomic mass is 19.1. The first-order valence-electron chi connectivity index (χ1n) is 17.5. The summed E-state index contributed by atoms with van der Waals surface area (Å²) in [6.45, 7) is 0.993. The summed E-state index contributed by atoms with van der Waals surface area (Å²) >= 11 is 0.